The molecule has 0 bridgehead atoms. The van der Waals surface area contributed by atoms with Crippen LogP contribution in [-0.4, -0.2) is 5.11 Å². The highest BCUT2D eigenvalue weighted by Gasteiger charge is 2.42. The van der Waals surface area contributed by atoms with Gasteiger partial charge in [0.15, 0.2) is 11.6 Å². The first kappa shape index (κ1) is 8.44. The second-order valence-corrected chi connectivity index (χ2v) is 3.39. The fourth-order valence-electron chi connectivity index (χ4n) is 1.29. The van der Waals surface area contributed by atoms with Crippen LogP contribution in [0.1, 0.15) is 18.4 Å². The Morgan fingerprint density at radius 1 is 1.31 bits per heavy atom. The zero-order chi connectivity index (χ0) is 9.64. The predicted molar refractivity (Wildman–Crippen MR) is 43.9 cm³/mol. The van der Waals surface area contributed by atoms with Crippen molar-refractivity contribution in [3.05, 3.63) is 29.3 Å². The van der Waals surface area contributed by atoms with E-state index < -0.39 is 17.2 Å². The number of benzene rings is 1. The topological polar surface area (TPSA) is 46.2 Å². The smallest absolute Gasteiger partial charge is 0.181 e. The summed E-state index contributed by atoms with van der Waals surface area (Å²) in [6.45, 7) is 0. The van der Waals surface area contributed by atoms with E-state index in [-0.39, 0.29) is 5.69 Å². The number of nitrogens with two attached hydrogens (primary N) is 1. The van der Waals surface area contributed by atoms with E-state index in [9.17, 15) is 13.9 Å². The molecule has 1 aromatic rings. The first-order valence-electron chi connectivity index (χ1n) is 4.00. The van der Waals surface area contributed by atoms with E-state index in [0.717, 1.165) is 6.07 Å². The van der Waals surface area contributed by atoms with E-state index in [1.807, 2.05) is 0 Å². The predicted octanol–water partition coefficient (Wildman–Crippen LogP) is 1.53. The summed E-state index contributed by atoms with van der Waals surface area (Å²) < 4.78 is 25.6. The molecule has 1 aliphatic rings. The Kier molecular flexibility index (Phi) is 1.57. The Labute approximate surface area is 74.0 Å². The van der Waals surface area contributed by atoms with Gasteiger partial charge in [-0.1, -0.05) is 0 Å². The summed E-state index contributed by atoms with van der Waals surface area (Å²) in [5, 5.41) is 9.60. The minimum atomic E-state index is -1.05. The van der Waals surface area contributed by atoms with Gasteiger partial charge < -0.3 is 10.8 Å². The highest BCUT2D eigenvalue weighted by molar-refractivity contribution is 5.46. The van der Waals surface area contributed by atoms with Gasteiger partial charge in [0.1, 0.15) is 0 Å². The fraction of sp³-hybridized carbons (Fsp3) is 0.333. The van der Waals surface area contributed by atoms with Gasteiger partial charge in [-0.3, -0.25) is 0 Å². The van der Waals surface area contributed by atoms with Crippen LogP contribution in [-0.2, 0) is 5.60 Å². The summed E-state index contributed by atoms with van der Waals surface area (Å²) >= 11 is 0. The van der Waals surface area contributed by atoms with Crippen LogP contribution in [0.25, 0.3) is 0 Å². The maximum Gasteiger partial charge on any atom is 0.181 e. The molecule has 0 aliphatic heterocycles. The molecule has 4 heteroatoms. The first-order chi connectivity index (χ1) is 6.03. The van der Waals surface area contributed by atoms with Crippen molar-refractivity contribution >= 4 is 5.69 Å². The Bertz CT molecular complexity index is 338. The Morgan fingerprint density at radius 2 is 1.92 bits per heavy atom. The third kappa shape index (κ3) is 1.27. The molecule has 0 unspecified atom stereocenters. The second-order valence-electron chi connectivity index (χ2n) is 3.39. The summed E-state index contributed by atoms with van der Waals surface area (Å²) in [5.41, 5.74) is 4.36. The molecule has 70 valence electrons. The van der Waals surface area contributed by atoms with Gasteiger partial charge in [0.2, 0.25) is 0 Å². The maximum atomic E-state index is 12.8. The van der Waals surface area contributed by atoms with E-state index in [1.54, 1.807) is 0 Å². The molecule has 1 saturated carbocycles. The van der Waals surface area contributed by atoms with E-state index in [4.69, 9.17) is 5.73 Å². The minimum absolute atomic E-state index is 0.254. The number of anilines is 1. The molecule has 1 aromatic carbocycles. The van der Waals surface area contributed by atoms with Gasteiger partial charge in [-0.25, -0.2) is 8.78 Å². The lowest BCUT2D eigenvalue weighted by atomic mass is 10.1. The van der Waals surface area contributed by atoms with Crippen molar-refractivity contribution in [3.63, 3.8) is 0 Å². The summed E-state index contributed by atoms with van der Waals surface area (Å²) in [6, 6.07) is 2.28. The molecule has 0 radical (unpaired) electrons. The van der Waals surface area contributed by atoms with Crippen molar-refractivity contribution in [2.75, 3.05) is 5.73 Å². The van der Waals surface area contributed by atoms with E-state index in [1.165, 1.54) is 6.07 Å². The molecule has 2 rings (SSSR count). The van der Waals surface area contributed by atoms with Crippen molar-refractivity contribution in [1.29, 1.82) is 0 Å². The number of rotatable bonds is 1. The molecule has 1 aliphatic carbocycles. The standard InChI is InChI=1S/C9H9F2NO/c10-6-3-5(9(13)1-2-9)4-7(12)8(6)11/h3-4,13H,1-2,12H2. The van der Waals surface area contributed by atoms with Crippen molar-refractivity contribution in [1.82, 2.24) is 0 Å². The van der Waals surface area contributed by atoms with Gasteiger partial charge in [0.25, 0.3) is 0 Å². The van der Waals surface area contributed by atoms with Crippen molar-refractivity contribution in [2.45, 2.75) is 18.4 Å². The van der Waals surface area contributed by atoms with Crippen molar-refractivity contribution < 1.29 is 13.9 Å². The van der Waals surface area contributed by atoms with Crippen molar-refractivity contribution in [3.8, 4) is 0 Å². The van der Waals surface area contributed by atoms with Crippen LogP contribution in [0.2, 0.25) is 0 Å². The highest BCUT2D eigenvalue weighted by atomic mass is 19.2. The first-order valence-corrected chi connectivity index (χ1v) is 4.00. The fourth-order valence-corrected chi connectivity index (χ4v) is 1.29. The summed E-state index contributed by atoms with van der Waals surface area (Å²) in [7, 11) is 0. The molecule has 1 fully saturated rings. The van der Waals surface area contributed by atoms with Crippen molar-refractivity contribution in [2.24, 2.45) is 0 Å². The van der Waals surface area contributed by atoms with Crippen LogP contribution in [0.5, 0.6) is 0 Å². The van der Waals surface area contributed by atoms with Gasteiger partial charge in [-0.2, -0.15) is 0 Å². The van der Waals surface area contributed by atoms with E-state index in [0.29, 0.717) is 18.4 Å². The number of nitrogen functional groups attached to an aromatic ring is 1. The molecule has 0 spiro atoms. The van der Waals surface area contributed by atoms with Gasteiger partial charge in [-0.05, 0) is 30.5 Å². The second kappa shape index (κ2) is 2.42. The normalized spacial score (nSPS) is 18.7. The zero-order valence-electron chi connectivity index (χ0n) is 6.85. The van der Waals surface area contributed by atoms with Crippen LogP contribution < -0.4 is 5.73 Å². The number of halogens is 2. The lowest BCUT2D eigenvalue weighted by Crippen LogP contribution is -2.07. The largest absolute Gasteiger partial charge is 0.396 e. The van der Waals surface area contributed by atoms with Gasteiger partial charge in [-0.15, -0.1) is 0 Å². The SMILES string of the molecule is Nc1cc(C2(O)CC2)cc(F)c1F. The third-order valence-electron chi connectivity index (χ3n) is 2.32. The molecule has 2 nitrogen and oxygen atoms in total. The number of hydrogen-bond acceptors (Lipinski definition) is 2. The van der Waals surface area contributed by atoms with Crippen LogP contribution in [0, 0.1) is 11.6 Å². The number of aliphatic hydroxyl groups is 1. The number of hydrogen-bond donors (Lipinski definition) is 2. The van der Waals surface area contributed by atoms with Crippen LogP contribution in [0.4, 0.5) is 14.5 Å². The lowest BCUT2D eigenvalue weighted by Gasteiger charge is -2.09. The Morgan fingerprint density at radius 3 is 2.38 bits per heavy atom. The summed E-state index contributed by atoms with van der Waals surface area (Å²) in [5.74, 6) is -2.05. The van der Waals surface area contributed by atoms with Crippen LogP contribution in [0.3, 0.4) is 0 Å². The maximum absolute atomic E-state index is 12.8. The molecule has 0 heterocycles. The highest BCUT2D eigenvalue weighted by Crippen LogP contribution is 2.46. The minimum Gasteiger partial charge on any atom is -0.396 e. The average molecular weight is 185 g/mol. The molecular formula is C9H9F2NO. The monoisotopic (exact) mass is 185 g/mol. The molecule has 0 saturated heterocycles. The molecule has 0 aromatic heterocycles. The summed E-state index contributed by atoms with van der Waals surface area (Å²) in [6.07, 6.45) is 1.16. The molecule has 13 heavy (non-hydrogen) atoms. The molecule has 0 amide bonds. The summed E-state index contributed by atoms with van der Waals surface area (Å²) in [4.78, 5) is 0. The molecule has 0 atom stereocenters. The molecule has 3 N–H and O–H groups in total. The molecular weight excluding hydrogens is 176 g/mol. The van der Waals surface area contributed by atoms with Crippen LogP contribution >= 0.6 is 0 Å². The van der Waals surface area contributed by atoms with Crippen LogP contribution in [0.15, 0.2) is 12.1 Å². The quantitative estimate of drug-likeness (QED) is 0.652. The van der Waals surface area contributed by atoms with Gasteiger partial charge >= 0.3 is 0 Å². The van der Waals surface area contributed by atoms with Gasteiger partial charge in [0.05, 0.1) is 11.3 Å². The zero-order valence-corrected chi connectivity index (χ0v) is 6.85. The average Bonchev–Trinajstić information content (AvgIpc) is 2.80. The van der Waals surface area contributed by atoms with Gasteiger partial charge in [0, 0.05) is 0 Å². The Balaban J connectivity index is 2.50. The van der Waals surface area contributed by atoms with E-state index >= 15 is 0 Å². The van der Waals surface area contributed by atoms with E-state index in [2.05, 4.69) is 0 Å². The third-order valence-corrected chi connectivity index (χ3v) is 2.32. The Hall–Kier alpha value is -1.16. The lowest BCUT2D eigenvalue weighted by molar-refractivity contribution is 0.151.